The molecule has 9 nitrogen and oxygen atoms in total. The molecule has 0 radical (unpaired) electrons. The standard InChI is InChI=1S/C21H22N6O3S/c1-26(11-5-10-16-23-19(25-30-16)15-9-6-12-31-15)17-18(22)27(21(29)24-20(17)28)13-14-7-3-2-4-8-14/h2-4,6-9,12H,5,10-11,13,22H2,1H3,(H,24,28,29). The third-order valence-corrected chi connectivity index (χ3v) is 5.74. The van der Waals surface area contributed by atoms with Crippen molar-refractivity contribution in [3.8, 4) is 10.7 Å². The minimum Gasteiger partial charge on any atom is -0.383 e. The summed E-state index contributed by atoms with van der Waals surface area (Å²) in [6, 6.07) is 13.3. The summed E-state index contributed by atoms with van der Waals surface area (Å²) >= 11 is 1.55. The Hall–Kier alpha value is -3.66. The molecule has 0 aliphatic rings. The van der Waals surface area contributed by atoms with Gasteiger partial charge in [-0.1, -0.05) is 41.6 Å². The highest BCUT2D eigenvalue weighted by Crippen LogP contribution is 2.22. The predicted octanol–water partition coefficient (Wildman–Crippen LogP) is 2.35. The molecule has 0 aliphatic heterocycles. The van der Waals surface area contributed by atoms with Crippen molar-refractivity contribution in [1.82, 2.24) is 19.7 Å². The van der Waals surface area contributed by atoms with Crippen LogP contribution in [0.3, 0.4) is 0 Å². The molecule has 0 unspecified atom stereocenters. The van der Waals surface area contributed by atoms with Gasteiger partial charge in [-0.3, -0.25) is 14.3 Å². The number of aryl methyl sites for hydroxylation is 1. The first kappa shape index (κ1) is 20.6. The summed E-state index contributed by atoms with van der Waals surface area (Å²) in [7, 11) is 1.77. The maximum absolute atomic E-state index is 12.4. The van der Waals surface area contributed by atoms with Crippen molar-refractivity contribution in [2.24, 2.45) is 0 Å². The largest absolute Gasteiger partial charge is 0.383 e. The molecule has 0 atom stereocenters. The normalized spacial score (nSPS) is 11.0. The van der Waals surface area contributed by atoms with Gasteiger partial charge in [0.2, 0.25) is 11.7 Å². The van der Waals surface area contributed by atoms with Crippen LogP contribution in [0.25, 0.3) is 10.7 Å². The molecule has 4 aromatic rings. The van der Waals surface area contributed by atoms with Crippen LogP contribution in [0.2, 0.25) is 0 Å². The molecule has 3 aromatic heterocycles. The van der Waals surface area contributed by atoms with E-state index >= 15 is 0 Å². The highest BCUT2D eigenvalue weighted by Gasteiger charge is 2.17. The summed E-state index contributed by atoms with van der Waals surface area (Å²) in [5.41, 5.74) is 6.37. The summed E-state index contributed by atoms with van der Waals surface area (Å²) in [5.74, 6) is 1.25. The summed E-state index contributed by atoms with van der Waals surface area (Å²) < 4.78 is 6.68. The van der Waals surface area contributed by atoms with Crippen molar-refractivity contribution in [3.05, 3.63) is 80.1 Å². The molecular formula is C21H22N6O3S. The van der Waals surface area contributed by atoms with Crippen LogP contribution in [0, 0.1) is 0 Å². The number of thiophene rings is 1. The lowest BCUT2D eigenvalue weighted by Crippen LogP contribution is -2.37. The second-order valence-corrected chi connectivity index (χ2v) is 8.03. The number of aromatic amines is 1. The van der Waals surface area contributed by atoms with Gasteiger partial charge in [0.05, 0.1) is 11.4 Å². The van der Waals surface area contributed by atoms with Gasteiger partial charge >= 0.3 is 5.69 Å². The van der Waals surface area contributed by atoms with Crippen LogP contribution in [0.15, 0.2) is 62.0 Å². The van der Waals surface area contributed by atoms with E-state index in [1.807, 2.05) is 47.8 Å². The number of H-pyrrole nitrogens is 1. The van der Waals surface area contributed by atoms with E-state index < -0.39 is 11.2 Å². The quantitative estimate of drug-likeness (QED) is 0.433. The Bertz CT molecular complexity index is 1260. The van der Waals surface area contributed by atoms with Crippen molar-refractivity contribution in [3.63, 3.8) is 0 Å². The lowest BCUT2D eigenvalue weighted by atomic mass is 10.2. The number of hydrogen-bond donors (Lipinski definition) is 2. The number of benzene rings is 1. The van der Waals surface area contributed by atoms with Gasteiger partial charge in [0.1, 0.15) is 11.5 Å². The van der Waals surface area contributed by atoms with E-state index in [0.717, 1.165) is 10.4 Å². The number of rotatable bonds is 8. The fourth-order valence-corrected chi connectivity index (χ4v) is 3.96. The molecule has 0 aliphatic carbocycles. The van der Waals surface area contributed by atoms with Gasteiger partial charge in [0.25, 0.3) is 5.56 Å². The van der Waals surface area contributed by atoms with E-state index in [4.69, 9.17) is 10.3 Å². The average Bonchev–Trinajstić information content (AvgIpc) is 3.44. The van der Waals surface area contributed by atoms with E-state index in [1.165, 1.54) is 4.57 Å². The predicted molar refractivity (Wildman–Crippen MR) is 120 cm³/mol. The lowest BCUT2D eigenvalue weighted by Gasteiger charge is -2.21. The molecule has 0 saturated carbocycles. The Morgan fingerprint density at radius 3 is 2.74 bits per heavy atom. The van der Waals surface area contributed by atoms with Crippen molar-refractivity contribution in [1.29, 1.82) is 0 Å². The summed E-state index contributed by atoms with van der Waals surface area (Å²) in [5, 5.41) is 5.96. The first-order valence-electron chi connectivity index (χ1n) is 9.77. The van der Waals surface area contributed by atoms with Gasteiger partial charge in [0, 0.05) is 20.0 Å². The number of anilines is 2. The zero-order chi connectivity index (χ0) is 21.8. The summed E-state index contributed by atoms with van der Waals surface area (Å²) in [4.78, 5) is 34.2. The monoisotopic (exact) mass is 438 g/mol. The Kier molecular flexibility index (Phi) is 5.99. The second kappa shape index (κ2) is 9.00. The highest BCUT2D eigenvalue weighted by atomic mass is 32.1. The fourth-order valence-electron chi connectivity index (χ4n) is 3.31. The zero-order valence-corrected chi connectivity index (χ0v) is 17.8. The summed E-state index contributed by atoms with van der Waals surface area (Å²) in [6.07, 6.45) is 1.23. The summed E-state index contributed by atoms with van der Waals surface area (Å²) in [6.45, 7) is 0.796. The second-order valence-electron chi connectivity index (χ2n) is 7.08. The van der Waals surface area contributed by atoms with Gasteiger partial charge in [-0.2, -0.15) is 4.98 Å². The minimum atomic E-state index is -0.532. The van der Waals surface area contributed by atoms with Crippen LogP contribution in [0.1, 0.15) is 17.9 Å². The maximum atomic E-state index is 12.4. The van der Waals surface area contributed by atoms with Crippen LogP contribution in [-0.2, 0) is 13.0 Å². The molecule has 0 fully saturated rings. The third kappa shape index (κ3) is 4.58. The van der Waals surface area contributed by atoms with Gasteiger partial charge in [-0.15, -0.1) is 11.3 Å². The van der Waals surface area contributed by atoms with Gasteiger partial charge in [0.15, 0.2) is 0 Å². The van der Waals surface area contributed by atoms with E-state index in [9.17, 15) is 9.59 Å². The molecule has 1 aromatic carbocycles. The Labute approximate surface area is 181 Å². The van der Waals surface area contributed by atoms with Crippen molar-refractivity contribution in [2.75, 3.05) is 24.2 Å². The van der Waals surface area contributed by atoms with Gasteiger partial charge in [-0.25, -0.2) is 4.79 Å². The molecule has 3 N–H and O–H groups in total. The minimum absolute atomic E-state index is 0.137. The molecule has 160 valence electrons. The van der Waals surface area contributed by atoms with Crippen LogP contribution < -0.4 is 21.9 Å². The third-order valence-electron chi connectivity index (χ3n) is 4.87. The Balaban J connectivity index is 1.45. The van der Waals surface area contributed by atoms with Crippen molar-refractivity contribution < 1.29 is 4.52 Å². The van der Waals surface area contributed by atoms with Crippen LogP contribution >= 0.6 is 11.3 Å². The van der Waals surface area contributed by atoms with Gasteiger partial charge in [-0.05, 0) is 23.4 Å². The molecule has 3 heterocycles. The first-order chi connectivity index (χ1) is 15.0. The van der Waals surface area contributed by atoms with Gasteiger partial charge < -0.3 is 15.2 Å². The van der Waals surface area contributed by atoms with Crippen LogP contribution in [0.5, 0.6) is 0 Å². The molecule has 4 rings (SSSR count). The smallest absolute Gasteiger partial charge is 0.330 e. The number of nitrogens with zero attached hydrogens (tertiary/aromatic N) is 4. The number of aromatic nitrogens is 4. The Morgan fingerprint density at radius 1 is 1.19 bits per heavy atom. The van der Waals surface area contributed by atoms with Crippen LogP contribution in [0.4, 0.5) is 11.5 Å². The molecular weight excluding hydrogens is 416 g/mol. The Morgan fingerprint density at radius 2 is 2.00 bits per heavy atom. The van der Waals surface area contributed by atoms with E-state index in [1.54, 1.807) is 23.3 Å². The maximum Gasteiger partial charge on any atom is 0.330 e. The fraction of sp³-hybridized carbons (Fsp3) is 0.238. The molecule has 31 heavy (non-hydrogen) atoms. The highest BCUT2D eigenvalue weighted by molar-refractivity contribution is 7.13. The molecule has 0 bridgehead atoms. The molecule has 0 spiro atoms. The SMILES string of the molecule is CN(CCCc1nc(-c2cccs2)no1)c1c(N)n(Cc2ccccc2)c(=O)[nH]c1=O. The van der Waals surface area contributed by atoms with Crippen molar-refractivity contribution in [2.45, 2.75) is 19.4 Å². The lowest BCUT2D eigenvalue weighted by molar-refractivity contribution is 0.376. The number of nitrogens with one attached hydrogen (secondary N) is 1. The molecule has 10 heteroatoms. The molecule has 0 saturated heterocycles. The van der Waals surface area contributed by atoms with Crippen molar-refractivity contribution >= 4 is 22.8 Å². The first-order valence-corrected chi connectivity index (χ1v) is 10.6. The van der Waals surface area contributed by atoms with E-state index in [0.29, 0.717) is 31.1 Å². The van der Waals surface area contributed by atoms with E-state index in [2.05, 4.69) is 15.1 Å². The number of hydrogen-bond acceptors (Lipinski definition) is 8. The molecule has 0 amide bonds. The zero-order valence-electron chi connectivity index (χ0n) is 16.9. The van der Waals surface area contributed by atoms with E-state index in [-0.39, 0.29) is 18.1 Å². The number of nitrogen functional groups attached to an aromatic ring is 1. The number of nitrogens with two attached hydrogens (primary N) is 1. The topological polar surface area (TPSA) is 123 Å². The average molecular weight is 439 g/mol. The van der Waals surface area contributed by atoms with Crippen LogP contribution in [-0.4, -0.2) is 33.3 Å².